The van der Waals surface area contributed by atoms with Crippen molar-refractivity contribution >= 4 is 0 Å². The van der Waals surface area contributed by atoms with Crippen molar-refractivity contribution in [2.24, 2.45) is 0 Å². The highest BCUT2D eigenvalue weighted by Crippen LogP contribution is 2.28. The third kappa shape index (κ3) is 8.61. The van der Waals surface area contributed by atoms with Crippen molar-refractivity contribution in [3.05, 3.63) is 87.0 Å². The van der Waals surface area contributed by atoms with Crippen molar-refractivity contribution in [2.45, 2.75) is 54.6 Å². The monoisotopic (exact) mass is 478 g/mol. The van der Waals surface area contributed by atoms with Crippen LogP contribution < -0.4 is 0 Å². The normalized spacial score (nSPS) is 11.0. The first-order valence-corrected chi connectivity index (χ1v) is 12.1. The molecule has 0 unspecified atom stereocenters. The Kier molecular flexibility index (Phi) is 10.2. The molecule has 0 fully saturated rings. The molecule has 0 atom stereocenters. The van der Waals surface area contributed by atoms with Gasteiger partial charge in [-0.1, -0.05) is 53.1 Å². The van der Waals surface area contributed by atoms with Crippen molar-refractivity contribution in [2.75, 3.05) is 27.2 Å². The lowest BCUT2D eigenvalue weighted by Crippen LogP contribution is -2.31. The predicted octanol–water partition coefficient (Wildman–Crippen LogP) is 5.90. The summed E-state index contributed by atoms with van der Waals surface area (Å²) in [6.45, 7) is 14.9. The number of nitrogens with zero attached hydrogens (tertiary/aromatic N) is 2. The average Bonchev–Trinajstić information content (AvgIpc) is 2.76. The van der Waals surface area contributed by atoms with Gasteiger partial charge in [-0.2, -0.15) is 0 Å². The molecule has 0 radical (unpaired) electrons. The zero-order valence-corrected chi connectivity index (χ0v) is 22.6. The van der Waals surface area contributed by atoms with Crippen LogP contribution >= 0.6 is 0 Å². The maximum Gasteiger partial charge on any atom is 0.122 e. The van der Waals surface area contributed by atoms with Gasteiger partial charge in [-0.3, -0.25) is 4.90 Å². The Morgan fingerprint density at radius 2 is 1.03 bits per heavy atom. The van der Waals surface area contributed by atoms with Crippen LogP contribution in [-0.4, -0.2) is 52.3 Å². The minimum absolute atomic E-state index is 0.370. The predicted molar refractivity (Wildman–Crippen MR) is 145 cm³/mol. The fraction of sp³-hybridized carbons (Fsp3) is 0.400. The van der Waals surface area contributed by atoms with E-state index >= 15 is 0 Å². The summed E-state index contributed by atoms with van der Waals surface area (Å²) >= 11 is 0. The Morgan fingerprint density at radius 3 is 1.43 bits per heavy atom. The van der Waals surface area contributed by atoms with Gasteiger partial charge in [0.15, 0.2) is 0 Å². The number of phenols is 3. The summed E-state index contributed by atoms with van der Waals surface area (Å²) in [5, 5.41) is 30.0. The van der Waals surface area contributed by atoms with Crippen molar-refractivity contribution in [3.8, 4) is 17.2 Å². The van der Waals surface area contributed by atoms with Crippen LogP contribution in [0.15, 0.2) is 42.5 Å². The van der Waals surface area contributed by atoms with E-state index in [0.29, 0.717) is 30.3 Å². The number of aryl methyl sites for hydroxylation is 6. The smallest absolute Gasteiger partial charge is 0.122 e. The highest BCUT2D eigenvalue weighted by molar-refractivity contribution is 5.44. The zero-order chi connectivity index (χ0) is 26.3. The Morgan fingerprint density at radius 1 is 0.571 bits per heavy atom. The molecule has 35 heavy (non-hydrogen) atoms. The molecule has 0 aliphatic carbocycles. The van der Waals surface area contributed by atoms with Gasteiger partial charge in [-0.05, 0) is 78.4 Å². The Bertz CT molecular complexity index is 1080. The van der Waals surface area contributed by atoms with Crippen molar-refractivity contribution in [1.82, 2.24) is 9.80 Å². The van der Waals surface area contributed by atoms with Gasteiger partial charge in [0.2, 0.25) is 0 Å². The van der Waals surface area contributed by atoms with E-state index in [0.717, 1.165) is 52.0 Å². The van der Waals surface area contributed by atoms with E-state index in [1.165, 1.54) is 5.56 Å². The second-order valence-electron chi connectivity index (χ2n) is 9.98. The van der Waals surface area contributed by atoms with Gasteiger partial charge >= 0.3 is 0 Å². The van der Waals surface area contributed by atoms with Crippen molar-refractivity contribution in [1.29, 1.82) is 0 Å². The average molecular weight is 479 g/mol. The van der Waals surface area contributed by atoms with E-state index in [2.05, 4.69) is 37.7 Å². The van der Waals surface area contributed by atoms with Crippen LogP contribution in [0.2, 0.25) is 0 Å². The molecule has 0 aromatic heterocycles. The molecule has 0 spiro atoms. The fourth-order valence-corrected chi connectivity index (χ4v) is 4.18. The SMILES string of the molecule is Cc1cc(C)c(O)c(CN(CCN(C)C)Cc2cc(C)cc(C)c2O)c1.Cc1ccc(O)c(C)c1. The molecule has 3 aromatic rings. The summed E-state index contributed by atoms with van der Waals surface area (Å²) in [5.74, 6) is 1.12. The maximum atomic E-state index is 10.5. The maximum absolute atomic E-state index is 10.5. The molecule has 5 nitrogen and oxygen atoms in total. The first-order valence-electron chi connectivity index (χ1n) is 12.1. The molecule has 0 aliphatic rings. The highest BCUT2D eigenvalue weighted by atomic mass is 16.3. The molecule has 5 heteroatoms. The third-order valence-electron chi connectivity index (χ3n) is 6.05. The molecule has 0 bridgehead atoms. The lowest BCUT2D eigenvalue weighted by atomic mass is 10.0. The van der Waals surface area contributed by atoms with E-state index in [-0.39, 0.29) is 0 Å². The van der Waals surface area contributed by atoms with E-state index in [1.54, 1.807) is 6.07 Å². The molecule has 0 saturated heterocycles. The van der Waals surface area contributed by atoms with Crippen LogP contribution in [0.5, 0.6) is 17.2 Å². The summed E-state index contributed by atoms with van der Waals surface area (Å²) in [5.41, 5.74) is 8.10. The highest BCUT2D eigenvalue weighted by Gasteiger charge is 2.15. The van der Waals surface area contributed by atoms with Crippen molar-refractivity contribution < 1.29 is 15.3 Å². The number of phenolic OH excluding ortho intramolecular Hbond substituents is 3. The summed E-state index contributed by atoms with van der Waals surface area (Å²) in [6, 6.07) is 13.7. The summed E-state index contributed by atoms with van der Waals surface area (Å²) in [6.07, 6.45) is 0. The van der Waals surface area contributed by atoms with E-state index in [4.69, 9.17) is 5.11 Å². The zero-order valence-electron chi connectivity index (χ0n) is 22.6. The molecule has 3 rings (SSSR count). The lowest BCUT2D eigenvalue weighted by molar-refractivity contribution is 0.221. The lowest BCUT2D eigenvalue weighted by Gasteiger charge is -2.26. The van der Waals surface area contributed by atoms with Gasteiger partial charge in [0.05, 0.1) is 0 Å². The van der Waals surface area contributed by atoms with Gasteiger partial charge in [0, 0.05) is 37.3 Å². The molecule has 0 amide bonds. The molecule has 0 saturated carbocycles. The number of hydrogen-bond acceptors (Lipinski definition) is 5. The van der Waals surface area contributed by atoms with Crippen LogP contribution in [0.3, 0.4) is 0 Å². The first kappa shape index (κ1) is 28.2. The molecule has 190 valence electrons. The molecule has 3 N–H and O–H groups in total. The number of aromatic hydroxyl groups is 3. The van der Waals surface area contributed by atoms with Gasteiger partial charge in [0.1, 0.15) is 17.2 Å². The Hall–Kier alpha value is -3.02. The number of benzene rings is 3. The Balaban J connectivity index is 0.000000402. The second-order valence-corrected chi connectivity index (χ2v) is 9.98. The van der Waals surface area contributed by atoms with E-state index < -0.39 is 0 Å². The van der Waals surface area contributed by atoms with Crippen LogP contribution in [0.25, 0.3) is 0 Å². The number of hydrogen-bond donors (Lipinski definition) is 3. The van der Waals surface area contributed by atoms with Crippen LogP contribution in [0.1, 0.15) is 44.5 Å². The second kappa shape index (κ2) is 12.6. The number of likely N-dealkylation sites (N-methyl/N-ethyl adjacent to an activating group) is 1. The number of rotatable bonds is 7. The van der Waals surface area contributed by atoms with Gasteiger partial charge in [-0.25, -0.2) is 0 Å². The topological polar surface area (TPSA) is 67.2 Å². The molecule has 0 aliphatic heterocycles. The summed E-state index contributed by atoms with van der Waals surface area (Å²) < 4.78 is 0. The van der Waals surface area contributed by atoms with E-state index in [1.807, 2.05) is 64.1 Å². The summed E-state index contributed by atoms with van der Waals surface area (Å²) in [7, 11) is 4.11. The Labute approximate surface area is 211 Å². The molecule has 0 heterocycles. The first-order chi connectivity index (χ1) is 16.4. The van der Waals surface area contributed by atoms with Crippen LogP contribution in [0, 0.1) is 41.5 Å². The van der Waals surface area contributed by atoms with Gasteiger partial charge in [-0.15, -0.1) is 0 Å². The van der Waals surface area contributed by atoms with Crippen LogP contribution in [0.4, 0.5) is 0 Å². The fourth-order valence-electron chi connectivity index (χ4n) is 4.18. The van der Waals surface area contributed by atoms with Crippen molar-refractivity contribution in [3.63, 3.8) is 0 Å². The standard InChI is InChI=1S/C22H32N2O2.C8H10O/c1-15-9-17(3)21(25)19(11-15)13-24(8-7-23(5)6)14-20-12-16(2)10-18(4)22(20)26;1-6-3-4-8(9)7(2)5-6/h9-12,25-26H,7-8,13-14H2,1-6H3;3-5,9H,1-2H3. The quantitative estimate of drug-likeness (QED) is 0.394. The van der Waals surface area contributed by atoms with Gasteiger partial charge < -0.3 is 20.2 Å². The molecular weight excluding hydrogens is 436 g/mol. The molecular formula is C30H42N2O3. The third-order valence-corrected chi connectivity index (χ3v) is 6.05. The van der Waals surface area contributed by atoms with E-state index in [9.17, 15) is 10.2 Å². The molecule has 3 aromatic carbocycles. The minimum atomic E-state index is 0.370. The van der Waals surface area contributed by atoms with Gasteiger partial charge in [0.25, 0.3) is 0 Å². The summed E-state index contributed by atoms with van der Waals surface area (Å²) in [4.78, 5) is 4.43. The minimum Gasteiger partial charge on any atom is -0.508 e. The van der Waals surface area contributed by atoms with Crippen LogP contribution in [-0.2, 0) is 13.1 Å². The largest absolute Gasteiger partial charge is 0.508 e.